The molecule has 3 aromatic carbocycles. The Hall–Kier alpha value is -3.51. The molecule has 0 radical (unpaired) electrons. The molecule has 0 unspecified atom stereocenters. The highest BCUT2D eigenvalue weighted by atomic mass is 35.5. The van der Waals surface area contributed by atoms with E-state index in [1.165, 1.54) is 6.07 Å². The van der Waals surface area contributed by atoms with Gasteiger partial charge in [-0.2, -0.15) is 0 Å². The van der Waals surface area contributed by atoms with Crippen LogP contribution in [-0.2, 0) is 13.0 Å². The van der Waals surface area contributed by atoms with E-state index in [-0.39, 0.29) is 17.6 Å². The molecule has 0 fully saturated rings. The normalized spacial score (nSPS) is 12.7. The van der Waals surface area contributed by atoms with Gasteiger partial charge >= 0.3 is 0 Å². The lowest BCUT2D eigenvalue weighted by atomic mass is 10.00. The first-order valence-corrected chi connectivity index (χ1v) is 11.4. The predicted molar refractivity (Wildman–Crippen MR) is 129 cm³/mol. The average Bonchev–Trinajstić information content (AvgIpc) is 2.83. The number of fused-ring (bicyclic) bond motifs is 2. The summed E-state index contributed by atoms with van der Waals surface area (Å²) >= 11 is 6.13. The van der Waals surface area contributed by atoms with Crippen LogP contribution in [0.3, 0.4) is 0 Å². The van der Waals surface area contributed by atoms with E-state index in [1.807, 2.05) is 13.0 Å². The number of hydrogen-bond acceptors (Lipinski definition) is 5. The number of aryl methyl sites for hydroxylation is 2. The summed E-state index contributed by atoms with van der Waals surface area (Å²) < 4.78 is 37.4. The van der Waals surface area contributed by atoms with Crippen LogP contribution >= 0.6 is 11.6 Å². The van der Waals surface area contributed by atoms with E-state index in [0.29, 0.717) is 69.8 Å². The highest BCUT2D eigenvalue weighted by Crippen LogP contribution is 2.36. The molecule has 1 aliphatic rings. The quantitative estimate of drug-likeness (QED) is 0.327. The standard InChI is InChI=1S/C27H22ClFO5/c1-3-16-11-18-24(13-23(16)33-14-19-20(28)5-4-6-21(19)29)34-15(2)26(27(18)30)17-7-8-22-25(12-17)32-10-9-31-22/h4-8,11-13H,3,9-10,14H2,1-2H3. The lowest BCUT2D eigenvalue weighted by Gasteiger charge is -2.19. The third kappa shape index (κ3) is 3.99. The van der Waals surface area contributed by atoms with Crippen LogP contribution in [0.1, 0.15) is 23.8 Å². The molecule has 5 rings (SSSR count). The summed E-state index contributed by atoms with van der Waals surface area (Å²) in [5.74, 6) is 1.82. The van der Waals surface area contributed by atoms with Crippen molar-refractivity contribution in [1.82, 2.24) is 0 Å². The molecule has 0 amide bonds. The fourth-order valence-corrected chi connectivity index (χ4v) is 4.36. The van der Waals surface area contributed by atoms with Gasteiger partial charge in [0.1, 0.15) is 42.7 Å². The smallest absolute Gasteiger partial charge is 0.200 e. The summed E-state index contributed by atoms with van der Waals surface area (Å²) in [4.78, 5) is 13.5. The molecule has 0 atom stereocenters. The van der Waals surface area contributed by atoms with Crippen molar-refractivity contribution in [2.45, 2.75) is 26.9 Å². The molecule has 0 N–H and O–H groups in total. The minimum absolute atomic E-state index is 0.0392. The number of hydrogen-bond donors (Lipinski definition) is 0. The fraction of sp³-hybridized carbons (Fsp3) is 0.222. The Labute approximate surface area is 200 Å². The van der Waals surface area contributed by atoms with Crippen LogP contribution in [0.2, 0.25) is 5.02 Å². The minimum Gasteiger partial charge on any atom is -0.488 e. The van der Waals surface area contributed by atoms with Crippen molar-refractivity contribution < 1.29 is 23.0 Å². The zero-order valence-electron chi connectivity index (χ0n) is 18.7. The maximum Gasteiger partial charge on any atom is 0.200 e. The molecule has 1 aliphatic heterocycles. The largest absolute Gasteiger partial charge is 0.488 e. The Kier molecular flexibility index (Phi) is 5.92. The van der Waals surface area contributed by atoms with Crippen LogP contribution in [0.4, 0.5) is 4.39 Å². The first-order valence-electron chi connectivity index (χ1n) is 11.0. The maximum atomic E-state index is 14.2. The Morgan fingerprint density at radius 1 is 1.06 bits per heavy atom. The van der Waals surface area contributed by atoms with Crippen molar-refractivity contribution in [2.75, 3.05) is 13.2 Å². The zero-order valence-corrected chi connectivity index (χ0v) is 19.5. The number of rotatable bonds is 5. The molecule has 0 bridgehead atoms. The molecular weight excluding hydrogens is 459 g/mol. The summed E-state index contributed by atoms with van der Waals surface area (Å²) in [5, 5.41) is 0.744. The van der Waals surface area contributed by atoms with Gasteiger partial charge in [-0.25, -0.2) is 4.39 Å². The monoisotopic (exact) mass is 480 g/mol. The topological polar surface area (TPSA) is 57.9 Å². The van der Waals surface area contributed by atoms with Gasteiger partial charge in [-0.15, -0.1) is 0 Å². The molecular formula is C27H22ClFO5. The second-order valence-corrected chi connectivity index (χ2v) is 8.43. The number of halogens is 2. The van der Waals surface area contributed by atoms with Crippen molar-refractivity contribution in [1.29, 1.82) is 0 Å². The Balaban J connectivity index is 1.56. The van der Waals surface area contributed by atoms with Crippen LogP contribution in [-0.4, -0.2) is 13.2 Å². The molecule has 0 saturated carbocycles. The lowest BCUT2D eigenvalue weighted by molar-refractivity contribution is 0.171. The van der Waals surface area contributed by atoms with E-state index >= 15 is 0 Å². The molecule has 2 heterocycles. The molecule has 1 aromatic heterocycles. The van der Waals surface area contributed by atoms with Gasteiger partial charge < -0.3 is 18.6 Å². The van der Waals surface area contributed by atoms with Crippen LogP contribution in [0, 0.1) is 12.7 Å². The van der Waals surface area contributed by atoms with Crippen molar-refractivity contribution in [3.8, 4) is 28.4 Å². The van der Waals surface area contributed by atoms with Gasteiger partial charge in [0.05, 0.1) is 16.0 Å². The van der Waals surface area contributed by atoms with Crippen LogP contribution in [0.15, 0.2) is 57.7 Å². The number of benzene rings is 3. The van der Waals surface area contributed by atoms with Crippen molar-refractivity contribution in [2.24, 2.45) is 0 Å². The van der Waals surface area contributed by atoms with Gasteiger partial charge in [0.2, 0.25) is 5.43 Å². The maximum absolute atomic E-state index is 14.2. The van der Waals surface area contributed by atoms with Gasteiger partial charge in [-0.05, 0) is 54.8 Å². The van der Waals surface area contributed by atoms with Crippen molar-refractivity contribution in [3.05, 3.63) is 86.5 Å². The number of ether oxygens (including phenoxy) is 3. The molecule has 174 valence electrons. The van der Waals surface area contributed by atoms with E-state index < -0.39 is 5.82 Å². The first-order chi connectivity index (χ1) is 16.5. The van der Waals surface area contributed by atoms with Gasteiger partial charge in [0.25, 0.3) is 0 Å². The highest BCUT2D eigenvalue weighted by molar-refractivity contribution is 6.31. The third-order valence-electron chi connectivity index (χ3n) is 5.89. The predicted octanol–water partition coefficient (Wildman–Crippen LogP) is 6.47. The van der Waals surface area contributed by atoms with E-state index in [4.69, 9.17) is 30.2 Å². The Morgan fingerprint density at radius 2 is 1.85 bits per heavy atom. The van der Waals surface area contributed by atoms with Gasteiger partial charge in [0.15, 0.2) is 11.5 Å². The van der Waals surface area contributed by atoms with Crippen LogP contribution < -0.4 is 19.6 Å². The second kappa shape index (κ2) is 9.03. The molecule has 5 nitrogen and oxygen atoms in total. The van der Waals surface area contributed by atoms with E-state index in [1.54, 1.807) is 43.3 Å². The fourth-order valence-electron chi connectivity index (χ4n) is 4.14. The molecule has 4 aromatic rings. The first kappa shape index (κ1) is 22.3. The van der Waals surface area contributed by atoms with Gasteiger partial charge in [0, 0.05) is 11.6 Å². The molecule has 34 heavy (non-hydrogen) atoms. The molecule has 0 saturated heterocycles. The van der Waals surface area contributed by atoms with Crippen LogP contribution in [0.5, 0.6) is 17.2 Å². The minimum atomic E-state index is -0.433. The summed E-state index contributed by atoms with van der Waals surface area (Å²) in [7, 11) is 0. The van der Waals surface area contributed by atoms with E-state index in [2.05, 4.69) is 0 Å². The van der Waals surface area contributed by atoms with Crippen molar-refractivity contribution in [3.63, 3.8) is 0 Å². The average molecular weight is 481 g/mol. The van der Waals surface area contributed by atoms with Gasteiger partial charge in [-0.1, -0.05) is 30.7 Å². The third-order valence-corrected chi connectivity index (χ3v) is 6.25. The van der Waals surface area contributed by atoms with E-state index in [9.17, 15) is 9.18 Å². The summed E-state index contributed by atoms with van der Waals surface area (Å²) in [5.41, 5.74) is 2.51. The summed E-state index contributed by atoms with van der Waals surface area (Å²) in [6.07, 6.45) is 0.614. The Bertz CT molecular complexity index is 1440. The van der Waals surface area contributed by atoms with Gasteiger partial charge in [-0.3, -0.25) is 4.79 Å². The van der Waals surface area contributed by atoms with Crippen molar-refractivity contribution >= 4 is 22.6 Å². The summed E-state index contributed by atoms with van der Waals surface area (Å²) in [6.45, 7) is 4.63. The molecule has 0 spiro atoms. The molecule has 7 heteroatoms. The Morgan fingerprint density at radius 3 is 2.62 bits per heavy atom. The zero-order chi connectivity index (χ0) is 23.8. The second-order valence-electron chi connectivity index (χ2n) is 8.02. The molecule has 0 aliphatic carbocycles. The lowest BCUT2D eigenvalue weighted by Crippen LogP contribution is -2.15. The summed E-state index contributed by atoms with van der Waals surface area (Å²) in [6, 6.07) is 13.4. The van der Waals surface area contributed by atoms with E-state index in [0.717, 1.165) is 5.56 Å². The SMILES string of the molecule is CCc1cc2c(=O)c(-c3ccc4c(c3)OCCO4)c(C)oc2cc1OCc1c(F)cccc1Cl. The van der Waals surface area contributed by atoms with Crippen LogP contribution in [0.25, 0.3) is 22.1 Å². The highest BCUT2D eigenvalue weighted by Gasteiger charge is 2.19.